The first-order chi connectivity index (χ1) is 29.2. The molecule has 0 aromatic rings. The second kappa shape index (κ2) is 46.0. The Morgan fingerprint density at radius 1 is 0.433 bits per heavy atom. The van der Waals surface area contributed by atoms with Crippen LogP contribution >= 0.6 is 7.82 Å². The first kappa shape index (κ1) is 59.0. The maximum absolute atomic E-state index is 12.7. The number of esters is 2. The molecule has 358 valence electrons. The maximum Gasteiger partial charge on any atom is 0.472 e. The van der Waals surface area contributed by atoms with E-state index in [0.717, 1.165) is 32.1 Å². The fourth-order valence-corrected chi connectivity index (χ4v) is 8.37. The van der Waals surface area contributed by atoms with Crippen LogP contribution < -0.4 is 0 Å². The Balaban J connectivity index is 4.13. The van der Waals surface area contributed by atoms with Crippen molar-refractivity contribution in [2.75, 3.05) is 26.4 Å². The minimum absolute atomic E-state index is 0.193. The van der Waals surface area contributed by atoms with Gasteiger partial charge in [-0.1, -0.05) is 239 Å². The second-order valence-electron chi connectivity index (χ2n) is 17.6. The fraction of sp³-hybridized carbons (Fsp3) is 0.959. The zero-order valence-electron chi connectivity index (χ0n) is 39.2. The van der Waals surface area contributed by atoms with Crippen molar-refractivity contribution in [1.29, 1.82) is 0 Å². The molecule has 0 bridgehead atoms. The largest absolute Gasteiger partial charge is 0.472 e. The molecule has 0 spiro atoms. The van der Waals surface area contributed by atoms with E-state index >= 15 is 0 Å². The summed E-state index contributed by atoms with van der Waals surface area (Å²) in [7, 11) is -4.61. The molecule has 0 heterocycles. The topological polar surface area (TPSA) is 149 Å². The van der Waals surface area contributed by atoms with Gasteiger partial charge in [-0.15, -0.1) is 0 Å². The Morgan fingerprint density at radius 2 is 0.717 bits per heavy atom. The molecule has 0 aromatic carbocycles. The van der Waals surface area contributed by atoms with E-state index in [0.29, 0.717) is 12.8 Å². The standard InChI is InChI=1S/C49H97O10P/c1-3-5-7-9-11-13-15-17-19-21-22-23-25-27-29-31-33-35-37-39-41-49(53)59-47(45-58-60(54,55)57-43-46(51)42-50)44-56-48(52)40-38-36-34-32-30-28-26-24-20-18-16-14-12-10-8-6-4-2/h46-47,50-51H,3-45H2,1-2H3,(H,54,55). The summed E-state index contributed by atoms with van der Waals surface area (Å²) >= 11 is 0. The summed E-state index contributed by atoms with van der Waals surface area (Å²) in [6.45, 7) is 2.45. The second-order valence-corrected chi connectivity index (χ2v) is 19.0. The summed E-state index contributed by atoms with van der Waals surface area (Å²) in [5.41, 5.74) is 0. The Morgan fingerprint density at radius 3 is 1.03 bits per heavy atom. The van der Waals surface area contributed by atoms with Gasteiger partial charge in [-0.2, -0.15) is 0 Å². The molecule has 60 heavy (non-hydrogen) atoms. The van der Waals surface area contributed by atoms with E-state index in [1.807, 2.05) is 0 Å². The minimum Gasteiger partial charge on any atom is -0.462 e. The molecular formula is C49H97O10P. The Kier molecular flexibility index (Phi) is 45.2. The molecule has 10 nitrogen and oxygen atoms in total. The van der Waals surface area contributed by atoms with Gasteiger partial charge in [0.1, 0.15) is 12.7 Å². The number of aliphatic hydroxyl groups is 2. The molecule has 3 atom stereocenters. The minimum atomic E-state index is -4.61. The van der Waals surface area contributed by atoms with Crippen LogP contribution in [0.2, 0.25) is 0 Å². The van der Waals surface area contributed by atoms with Crippen LogP contribution in [0.1, 0.15) is 264 Å². The van der Waals surface area contributed by atoms with E-state index in [1.165, 1.54) is 193 Å². The highest BCUT2D eigenvalue weighted by molar-refractivity contribution is 7.47. The average Bonchev–Trinajstić information content (AvgIpc) is 3.24. The number of phosphoric ester groups is 1. The Hall–Kier alpha value is -1.03. The fourth-order valence-electron chi connectivity index (χ4n) is 7.59. The van der Waals surface area contributed by atoms with Crippen molar-refractivity contribution < 1.29 is 47.8 Å². The van der Waals surface area contributed by atoms with Gasteiger partial charge < -0.3 is 24.6 Å². The van der Waals surface area contributed by atoms with Crippen LogP contribution in [0, 0.1) is 0 Å². The molecule has 0 aliphatic heterocycles. The molecule has 0 aromatic heterocycles. The molecule has 0 aliphatic carbocycles. The smallest absolute Gasteiger partial charge is 0.462 e. The van der Waals surface area contributed by atoms with Gasteiger partial charge in [0.05, 0.1) is 19.8 Å². The van der Waals surface area contributed by atoms with Crippen molar-refractivity contribution >= 4 is 19.8 Å². The van der Waals surface area contributed by atoms with Crippen LogP contribution in [-0.2, 0) is 32.7 Å². The van der Waals surface area contributed by atoms with E-state index in [4.69, 9.17) is 23.6 Å². The van der Waals surface area contributed by atoms with Gasteiger partial charge in [0.2, 0.25) is 0 Å². The summed E-state index contributed by atoms with van der Waals surface area (Å²) in [4.78, 5) is 35.1. The van der Waals surface area contributed by atoms with Gasteiger partial charge in [-0.3, -0.25) is 18.6 Å². The summed E-state index contributed by atoms with van der Waals surface area (Å²) in [6, 6.07) is 0. The summed E-state index contributed by atoms with van der Waals surface area (Å²) in [5.74, 6) is -0.903. The van der Waals surface area contributed by atoms with Gasteiger partial charge in [-0.25, -0.2) is 4.57 Å². The number of unbranched alkanes of at least 4 members (excludes halogenated alkanes) is 35. The van der Waals surface area contributed by atoms with Crippen LogP contribution in [-0.4, -0.2) is 65.7 Å². The molecule has 0 saturated heterocycles. The third-order valence-corrected chi connectivity index (χ3v) is 12.5. The van der Waals surface area contributed by atoms with Crippen LogP contribution in [0.25, 0.3) is 0 Å². The molecule has 0 radical (unpaired) electrons. The predicted molar refractivity (Wildman–Crippen MR) is 247 cm³/mol. The van der Waals surface area contributed by atoms with Crippen LogP contribution in [0.5, 0.6) is 0 Å². The lowest BCUT2D eigenvalue weighted by Crippen LogP contribution is -2.29. The zero-order chi connectivity index (χ0) is 44.0. The molecular weight excluding hydrogens is 780 g/mol. The number of phosphoric acid groups is 1. The molecule has 0 saturated carbocycles. The van der Waals surface area contributed by atoms with Crippen molar-refractivity contribution in [3.63, 3.8) is 0 Å². The lowest BCUT2D eigenvalue weighted by Gasteiger charge is -2.20. The normalized spacial score (nSPS) is 13.6. The number of hydrogen-bond acceptors (Lipinski definition) is 9. The van der Waals surface area contributed by atoms with E-state index < -0.39 is 51.8 Å². The number of rotatable bonds is 49. The monoisotopic (exact) mass is 877 g/mol. The lowest BCUT2D eigenvalue weighted by molar-refractivity contribution is -0.161. The Bertz CT molecular complexity index is 966. The highest BCUT2D eigenvalue weighted by Gasteiger charge is 2.27. The zero-order valence-corrected chi connectivity index (χ0v) is 40.1. The van der Waals surface area contributed by atoms with E-state index in [1.54, 1.807) is 0 Å². The number of carbonyl (C=O) groups excluding carboxylic acids is 2. The van der Waals surface area contributed by atoms with E-state index in [9.17, 15) is 24.2 Å². The Labute approximate surface area is 369 Å². The van der Waals surface area contributed by atoms with Crippen molar-refractivity contribution in [3.05, 3.63) is 0 Å². The number of carbonyl (C=O) groups is 2. The maximum atomic E-state index is 12.7. The quantitative estimate of drug-likeness (QED) is 0.0306. The van der Waals surface area contributed by atoms with Gasteiger partial charge in [0.25, 0.3) is 0 Å². The van der Waals surface area contributed by atoms with Gasteiger partial charge >= 0.3 is 19.8 Å². The first-order valence-electron chi connectivity index (χ1n) is 25.5. The molecule has 0 amide bonds. The van der Waals surface area contributed by atoms with Gasteiger partial charge in [-0.05, 0) is 12.8 Å². The van der Waals surface area contributed by atoms with Crippen molar-refractivity contribution in [2.45, 2.75) is 276 Å². The highest BCUT2D eigenvalue weighted by Crippen LogP contribution is 2.43. The van der Waals surface area contributed by atoms with Crippen LogP contribution in [0.15, 0.2) is 0 Å². The van der Waals surface area contributed by atoms with Crippen molar-refractivity contribution in [2.24, 2.45) is 0 Å². The third kappa shape index (κ3) is 45.0. The van der Waals surface area contributed by atoms with Crippen molar-refractivity contribution in [3.8, 4) is 0 Å². The number of hydrogen-bond donors (Lipinski definition) is 3. The highest BCUT2D eigenvalue weighted by atomic mass is 31.2. The molecule has 0 rings (SSSR count). The summed E-state index contributed by atoms with van der Waals surface area (Å²) < 4.78 is 32.9. The lowest BCUT2D eigenvalue weighted by atomic mass is 10.0. The molecule has 3 unspecified atom stereocenters. The predicted octanol–water partition coefficient (Wildman–Crippen LogP) is 14.2. The average molecular weight is 877 g/mol. The SMILES string of the molecule is CCCCCCCCCCCCCCCCCCCCCCC(=O)OC(COC(=O)CCCCCCCCCCCCCCCCCCC)COP(=O)(O)OCC(O)CO. The van der Waals surface area contributed by atoms with E-state index in [-0.39, 0.29) is 19.4 Å². The molecule has 0 fully saturated rings. The van der Waals surface area contributed by atoms with Crippen molar-refractivity contribution in [1.82, 2.24) is 0 Å². The summed E-state index contributed by atoms with van der Waals surface area (Å²) in [5, 5.41) is 18.4. The number of ether oxygens (including phenoxy) is 2. The third-order valence-electron chi connectivity index (χ3n) is 11.5. The number of aliphatic hydroxyl groups excluding tert-OH is 2. The van der Waals surface area contributed by atoms with Crippen LogP contribution in [0.3, 0.4) is 0 Å². The first-order valence-corrected chi connectivity index (χ1v) is 27.0. The van der Waals surface area contributed by atoms with Gasteiger partial charge in [0.15, 0.2) is 6.10 Å². The van der Waals surface area contributed by atoms with Gasteiger partial charge in [0, 0.05) is 12.8 Å². The van der Waals surface area contributed by atoms with Crippen LogP contribution in [0.4, 0.5) is 0 Å². The summed E-state index contributed by atoms with van der Waals surface area (Å²) in [6.07, 6.45) is 45.0. The molecule has 0 aliphatic rings. The molecule has 11 heteroatoms. The molecule has 3 N–H and O–H groups in total. The van der Waals surface area contributed by atoms with E-state index in [2.05, 4.69) is 13.8 Å².